The fraction of sp³-hybridized carbons (Fsp3) is 0.571. The summed E-state index contributed by atoms with van der Waals surface area (Å²) in [5, 5.41) is 0. The fourth-order valence-electron chi connectivity index (χ4n) is 1.94. The summed E-state index contributed by atoms with van der Waals surface area (Å²) in [6.07, 6.45) is 2.20. The maximum Gasteiger partial charge on any atom is 0.163 e. The third kappa shape index (κ3) is 4.03. The largest absolute Gasteiger partial charge is 0.323 e. The van der Waals surface area contributed by atoms with E-state index in [1.165, 1.54) is 6.07 Å². The van der Waals surface area contributed by atoms with Crippen LogP contribution in [-0.2, 0) is 0 Å². The van der Waals surface area contributed by atoms with Crippen LogP contribution in [0.5, 0.6) is 0 Å². The average molecular weight is 256 g/mol. The van der Waals surface area contributed by atoms with Gasteiger partial charge in [-0.1, -0.05) is 32.4 Å². The number of halogens is 2. The molecule has 1 atom stereocenters. The lowest BCUT2D eigenvalue weighted by Gasteiger charge is -2.24. The minimum Gasteiger partial charge on any atom is -0.323 e. The average Bonchev–Trinajstić information content (AvgIpc) is 2.37. The van der Waals surface area contributed by atoms with Gasteiger partial charge in [-0.15, -0.1) is 0 Å². The summed E-state index contributed by atoms with van der Waals surface area (Å²) < 4.78 is 26.7. The molecular weight excluding hydrogens is 234 g/mol. The molecule has 102 valence electrons. The van der Waals surface area contributed by atoms with E-state index >= 15 is 0 Å². The topological polar surface area (TPSA) is 29.3 Å². The standard InChI is InChI=1S/C14H22F2N2/c1-3-5-9-18(4-2)10-13(17)11-7-6-8-12(15)14(11)16/h6-8,13H,3-5,9-10,17H2,1-2H3. The molecule has 1 unspecified atom stereocenters. The molecule has 0 aromatic heterocycles. The van der Waals surface area contributed by atoms with Gasteiger partial charge in [0.15, 0.2) is 11.6 Å². The highest BCUT2D eigenvalue weighted by molar-refractivity contribution is 5.22. The van der Waals surface area contributed by atoms with E-state index < -0.39 is 17.7 Å². The summed E-state index contributed by atoms with van der Waals surface area (Å²) in [4.78, 5) is 2.17. The highest BCUT2D eigenvalue weighted by Crippen LogP contribution is 2.18. The quantitative estimate of drug-likeness (QED) is 0.812. The Balaban J connectivity index is 2.68. The van der Waals surface area contributed by atoms with Crippen molar-refractivity contribution in [2.24, 2.45) is 5.73 Å². The summed E-state index contributed by atoms with van der Waals surface area (Å²) in [5.74, 6) is -1.66. The molecule has 0 fully saturated rings. The third-order valence-electron chi connectivity index (χ3n) is 3.11. The van der Waals surface area contributed by atoms with Crippen molar-refractivity contribution in [2.45, 2.75) is 32.7 Å². The van der Waals surface area contributed by atoms with Gasteiger partial charge in [-0.05, 0) is 25.6 Å². The molecule has 0 saturated heterocycles. The molecule has 0 bridgehead atoms. The Kier molecular flexibility index (Phi) is 6.22. The van der Waals surface area contributed by atoms with Crippen LogP contribution < -0.4 is 5.73 Å². The number of nitrogens with two attached hydrogens (primary N) is 1. The number of hydrogen-bond acceptors (Lipinski definition) is 2. The molecule has 1 aromatic carbocycles. The molecule has 1 aromatic rings. The Morgan fingerprint density at radius 2 is 2.00 bits per heavy atom. The third-order valence-corrected chi connectivity index (χ3v) is 3.11. The van der Waals surface area contributed by atoms with Gasteiger partial charge in [-0.3, -0.25) is 0 Å². The van der Waals surface area contributed by atoms with Gasteiger partial charge < -0.3 is 10.6 Å². The summed E-state index contributed by atoms with van der Waals surface area (Å²) >= 11 is 0. The van der Waals surface area contributed by atoms with E-state index in [4.69, 9.17) is 5.73 Å². The molecule has 0 amide bonds. The first-order chi connectivity index (χ1) is 8.60. The molecule has 0 aliphatic carbocycles. The highest BCUT2D eigenvalue weighted by atomic mass is 19.2. The monoisotopic (exact) mass is 256 g/mol. The van der Waals surface area contributed by atoms with Crippen LogP contribution in [0.1, 0.15) is 38.3 Å². The van der Waals surface area contributed by atoms with E-state index in [9.17, 15) is 8.78 Å². The Bertz CT molecular complexity index is 369. The van der Waals surface area contributed by atoms with Crippen LogP contribution in [0.3, 0.4) is 0 Å². The zero-order chi connectivity index (χ0) is 13.5. The highest BCUT2D eigenvalue weighted by Gasteiger charge is 2.16. The van der Waals surface area contributed by atoms with Crippen LogP contribution in [-0.4, -0.2) is 24.5 Å². The van der Waals surface area contributed by atoms with Gasteiger partial charge in [0.2, 0.25) is 0 Å². The fourth-order valence-corrected chi connectivity index (χ4v) is 1.94. The van der Waals surface area contributed by atoms with E-state index in [1.54, 1.807) is 6.07 Å². The van der Waals surface area contributed by atoms with Crippen molar-refractivity contribution in [3.05, 3.63) is 35.4 Å². The van der Waals surface area contributed by atoms with Crippen molar-refractivity contribution in [3.8, 4) is 0 Å². The lowest BCUT2D eigenvalue weighted by molar-refractivity contribution is 0.264. The van der Waals surface area contributed by atoms with Crippen molar-refractivity contribution < 1.29 is 8.78 Å². The molecule has 4 heteroatoms. The second-order valence-corrected chi connectivity index (χ2v) is 4.50. The van der Waals surface area contributed by atoms with E-state index in [-0.39, 0.29) is 5.56 Å². The van der Waals surface area contributed by atoms with Crippen LogP contribution in [0.4, 0.5) is 8.78 Å². The van der Waals surface area contributed by atoms with Crippen molar-refractivity contribution in [3.63, 3.8) is 0 Å². The Hall–Kier alpha value is -1.00. The Morgan fingerprint density at radius 1 is 1.28 bits per heavy atom. The van der Waals surface area contributed by atoms with Crippen LogP contribution in [0.15, 0.2) is 18.2 Å². The predicted octanol–water partition coefficient (Wildman–Crippen LogP) is 3.09. The van der Waals surface area contributed by atoms with Crippen LogP contribution in [0.2, 0.25) is 0 Å². The molecule has 2 N–H and O–H groups in total. The van der Waals surface area contributed by atoms with E-state index in [0.717, 1.165) is 32.0 Å². The molecule has 0 heterocycles. The number of unbranched alkanes of at least 4 members (excludes halogenated alkanes) is 1. The van der Waals surface area contributed by atoms with E-state index in [1.807, 2.05) is 6.92 Å². The zero-order valence-electron chi connectivity index (χ0n) is 11.1. The summed E-state index contributed by atoms with van der Waals surface area (Å²) in [5.41, 5.74) is 6.22. The maximum atomic E-state index is 13.6. The summed E-state index contributed by atoms with van der Waals surface area (Å²) in [7, 11) is 0. The van der Waals surface area contributed by atoms with Crippen molar-refractivity contribution in [2.75, 3.05) is 19.6 Å². The lowest BCUT2D eigenvalue weighted by atomic mass is 10.1. The van der Waals surface area contributed by atoms with Gasteiger partial charge in [0.1, 0.15) is 0 Å². The van der Waals surface area contributed by atoms with Gasteiger partial charge in [0.25, 0.3) is 0 Å². The molecule has 0 spiro atoms. The van der Waals surface area contributed by atoms with Gasteiger partial charge in [-0.25, -0.2) is 8.78 Å². The van der Waals surface area contributed by atoms with Crippen LogP contribution in [0.25, 0.3) is 0 Å². The first-order valence-electron chi connectivity index (χ1n) is 6.52. The molecular formula is C14H22F2N2. The zero-order valence-corrected chi connectivity index (χ0v) is 11.1. The first kappa shape index (κ1) is 15.1. The number of likely N-dealkylation sites (N-methyl/N-ethyl adjacent to an activating group) is 1. The van der Waals surface area contributed by atoms with Crippen molar-refractivity contribution in [1.29, 1.82) is 0 Å². The molecule has 0 radical (unpaired) electrons. The Labute approximate surface area is 108 Å². The van der Waals surface area contributed by atoms with Crippen molar-refractivity contribution in [1.82, 2.24) is 4.90 Å². The predicted molar refractivity (Wildman–Crippen MR) is 70.3 cm³/mol. The number of hydrogen-bond donors (Lipinski definition) is 1. The summed E-state index contributed by atoms with van der Waals surface area (Å²) in [6.45, 7) is 6.53. The molecule has 0 aliphatic heterocycles. The van der Waals surface area contributed by atoms with Gasteiger partial charge >= 0.3 is 0 Å². The summed E-state index contributed by atoms with van der Waals surface area (Å²) in [6, 6.07) is 3.67. The second-order valence-electron chi connectivity index (χ2n) is 4.50. The minimum absolute atomic E-state index is 0.255. The smallest absolute Gasteiger partial charge is 0.163 e. The molecule has 1 rings (SSSR count). The normalized spacial score (nSPS) is 13.0. The van der Waals surface area contributed by atoms with E-state index in [2.05, 4.69) is 11.8 Å². The van der Waals surface area contributed by atoms with E-state index in [0.29, 0.717) is 6.54 Å². The van der Waals surface area contributed by atoms with Crippen molar-refractivity contribution >= 4 is 0 Å². The Morgan fingerprint density at radius 3 is 2.61 bits per heavy atom. The van der Waals surface area contributed by atoms with Crippen LogP contribution in [0, 0.1) is 11.6 Å². The van der Waals surface area contributed by atoms with Crippen LogP contribution >= 0.6 is 0 Å². The number of nitrogens with zero attached hydrogens (tertiary/aromatic N) is 1. The first-order valence-corrected chi connectivity index (χ1v) is 6.52. The number of benzene rings is 1. The molecule has 2 nitrogen and oxygen atoms in total. The van der Waals surface area contributed by atoms with Gasteiger partial charge in [0, 0.05) is 18.2 Å². The molecule has 18 heavy (non-hydrogen) atoms. The molecule has 0 saturated carbocycles. The second kappa shape index (κ2) is 7.44. The SMILES string of the molecule is CCCCN(CC)CC(N)c1cccc(F)c1F. The van der Waals surface area contributed by atoms with Gasteiger partial charge in [0.05, 0.1) is 0 Å². The minimum atomic E-state index is -0.834. The number of rotatable bonds is 7. The lowest BCUT2D eigenvalue weighted by Crippen LogP contribution is -2.33. The van der Waals surface area contributed by atoms with Gasteiger partial charge in [-0.2, -0.15) is 0 Å². The molecule has 0 aliphatic rings. The maximum absolute atomic E-state index is 13.6.